The number of nitrogens with zero attached hydrogens (tertiary/aromatic N) is 3. The highest BCUT2D eigenvalue weighted by atomic mass is 32.1. The number of benzene rings is 2. The minimum absolute atomic E-state index is 0.00576. The normalized spacial score (nSPS) is 19.2. The van der Waals surface area contributed by atoms with Crippen LogP contribution in [0.5, 0.6) is 11.5 Å². The monoisotopic (exact) mass is 463 g/mol. The third-order valence-electron chi connectivity index (χ3n) is 5.69. The number of ketones is 1. The van der Waals surface area contributed by atoms with Gasteiger partial charge in [0.05, 0.1) is 11.6 Å². The molecule has 8 nitrogen and oxygen atoms in total. The Kier molecular flexibility index (Phi) is 5.33. The van der Waals surface area contributed by atoms with Gasteiger partial charge in [-0.15, -0.1) is 10.2 Å². The lowest BCUT2D eigenvalue weighted by Gasteiger charge is -2.23. The van der Waals surface area contributed by atoms with E-state index in [1.807, 2.05) is 31.2 Å². The molecule has 9 heteroatoms. The van der Waals surface area contributed by atoms with Gasteiger partial charge in [0.1, 0.15) is 24.0 Å². The number of hydrogen-bond donors (Lipinski definition) is 1. The summed E-state index contributed by atoms with van der Waals surface area (Å²) in [7, 11) is 0. The molecule has 0 saturated carbocycles. The number of anilines is 1. The fourth-order valence-corrected chi connectivity index (χ4v) is 4.72. The Labute approximate surface area is 194 Å². The maximum atomic E-state index is 13.2. The highest BCUT2D eigenvalue weighted by Gasteiger charge is 2.48. The molecule has 1 aromatic heterocycles. The first-order valence-electron chi connectivity index (χ1n) is 10.6. The molecule has 33 heavy (non-hydrogen) atoms. The molecule has 0 aliphatic carbocycles. The number of amides is 1. The van der Waals surface area contributed by atoms with Crippen LogP contribution in [-0.4, -0.2) is 40.2 Å². The fraction of sp³-hybridized carbons (Fsp3) is 0.250. The van der Waals surface area contributed by atoms with Crippen molar-refractivity contribution in [2.45, 2.75) is 26.3 Å². The van der Waals surface area contributed by atoms with Crippen LogP contribution in [0.2, 0.25) is 0 Å². The molecule has 1 N–H and O–H groups in total. The van der Waals surface area contributed by atoms with Gasteiger partial charge >= 0.3 is 5.91 Å². The Morgan fingerprint density at radius 3 is 2.48 bits per heavy atom. The van der Waals surface area contributed by atoms with Crippen molar-refractivity contribution in [3.8, 4) is 11.5 Å². The minimum Gasteiger partial charge on any atom is -0.507 e. The van der Waals surface area contributed by atoms with Crippen LogP contribution in [0.25, 0.3) is 5.76 Å². The van der Waals surface area contributed by atoms with Crippen molar-refractivity contribution in [1.29, 1.82) is 0 Å². The molecule has 3 heterocycles. The molecule has 5 rings (SSSR count). The van der Waals surface area contributed by atoms with Gasteiger partial charge in [-0.25, -0.2) is 0 Å². The molecule has 0 unspecified atom stereocenters. The molecular weight excluding hydrogens is 442 g/mol. The van der Waals surface area contributed by atoms with Crippen molar-refractivity contribution in [2.24, 2.45) is 0 Å². The van der Waals surface area contributed by atoms with Crippen LogP contribution in [0.4, 0.5) is 5.13 Å². The van der Waals surface area contributed by atoms with Gasteiger partial charge in [0, 0.05) is 5.56 Å². The molecule has 1 atom stereocenters. The maximum Gasteiger partial charge on any atom is 0.301 e. The number of aryl methyl sites for hydroxylation is 2. The Hall–Kier alpha value is -3.72. The number of aromatic nitrogens is 2. The summed E-state index contributed by atoms with van der Waals surface area (Å²) in [6.45, 7) is 4.66. The van der Waals surface area contributed by atoms with Crippen LogP contribution in [0.1, 0.15) is 34.7 Å². The SMILES string of the molecule is CCc1ccc([C@H]2C(=C(O)c3ccc4c(c3)OCCO4)C(=O)C(=O)N2c2nnc(C)s2)cc1. The number of Topliss-reactive ketones (excluding diaryl/α,β-unsaturated/α-hetero) is 1. The standard InChI is InChI=1S/C24H21N3O5S/c1-3-14-4-6-15(7-5-14)20-19(22(29)23(30)27(20)24-26-25-13(2)33-24)21(28)16-8-9-17-18(12-16)32-11-10-31-17/h4-9,12,20,28H,3,10-11H2,1-2H3/t20-/m0/s1. The summed E-state index contributed by atoms with van der Waals surface area (Å²) in [4.78, 5) is 27.6. The lowest BCUT2D eigenvalue weighted by atomic mass is 9.94. The summed E-state index contributed by atoms with van der Waals surface area (Å²) in [5.74, 6) is -0.773. The van der Waals surface area contributed by atoms with E-state index in [9.17, 15) is 14.7 Å². The van der Waals surface area contributed by atoms with Crippen LogP contribution >= 0.6 is 11.3 Å². The second kappa shape index (κ2) is 8.32. The summed E-state index contributed by atoms with van der Waals surface area (Å²) in [5.41, 5.74) is 2.17. The van der Waals surface area contributed by atoms with Crippen LogP contribution in [0, 0.1) is 6.92 Å². The predicted molar refractivity (Wildman–Crippen MR) is 123 cm³/mol. The largest absolute Gasteiger partial charge is 0.507 e. The Balaban J connectivity index is 1.67. The molecule has 2 aliphatic heterocycles. The molecule has 1 amide bonds. The number of carbonyl (C=O) groups excluding carboxylic acids is 2. The van der Waals surface area contributed by atoms with E-state index >= 15 is 0 Å². The molecule has 0 spiro atoms. The molecule has 1 saturated heterocycles. The van der Waals surface area contributed by atoms with Gasteiger partial charge in [-0.2, -0.15) is 0 Å². The number of aliphatic hydroxyl groups excluding tert-OH is 1. The van der Waals surface area contributed by atoms with Crippen molar-refractivity contribution < 1.29 is 24.2 Å². The van der Waals surface area contributed by atoms with Gasteiger partial charge in [0.15, 0.2) is 11.5 Å². The molecule has 1 fully saturated rings. The number of fused-ring (bicyclic) bond motifs is 1. The van der Waals surface area contributed by atoms with E-state index in [0.717, 1.165) is 12.0 Å². The van der Waals surface area contributed by atoms with E-state index < -0.39 is 17.7 Å². The Morgan fingerprint density at radius 1 is 1.09 bits per heavy atom. The third kappa shape index (κ3) is 3.64. The van der Waals surface area contributed by atoms with Crippen molar-refractivity contribution >= 4 is 33.9 Å². The van der Waals surface area contributed by atoms with Crippen LogP contribution in [-0.2, 0) is 16.0 Å². The number of aliphatic hydroxyl groups is 1. The van der Waals surface area contributed by atoms with Gasteiger partial charge in [-0.3, -0.25) is 14.5 Å². The van der Waals surface area contributed by atoms with E-state index in [-0.39, 0.29) is 11.3 Å². The highest BCUT2D eigenvalue weighted by Crippen LogP contribution is 2.43. The van der Waals surface area contributed by atoms with Gasteiger partial charge in [0.25, 0.3) is 5.78 Å². The summed E-state index contributed by atoms with van der Waals surface area (Å²) in [6, 6.07) is 11.7. The lowest BCUT2D eigenvalue weighted by molar-refractivity contribution is -0.132. The lowest BCUT2D eigenvalue weighted by Crippen LogP contribution is -2.29. The molecule has 2 aliphatic rings. The van der Waals surface area contributed by atoms with E-state index in [1.165, 1.54) is 16.2 Å². The number of hydrogen-bond acceptors (Lipinski definition) is 8. The summed E-state index contributed by atoms with van der Waals surface area (Å²) in [5, 5.41) is 20.3. The third-order valence-corrected chi connectivity index (χ3v) is 6.52. The minimum atomic E-state index is -0.837. The van der Waals surface area contributed by atoms with E-state index in [0.29, 0.717) is 46.0 Å². The van der Waals surface area contributed by atoms with Crippen LogP contribution < -0.4 is 14.4 Å². The van der Waals surface area contributed by atoms with E-state index in [4.69, 9.17) is 9.47 Å². The zero-order valence-corrected chi connectivity index (χ0v) is 18.9. The number of rotatable bonds is 4. The van der Waals surface area contributed by atoms with E-state index in [1.54, 1.807) is 25.1 Å². The average Bonchev–Trinajstić information content (AvgIpc) is 3.38. The molecule has 0 bridgehead atoms. The maximum absolute atomic E-state index is 13.2. The van der Waals surface area contributed by atoms with Gasteiger partial charge in [0.2, 0.25) is 5.13 Å². The first-order chi connectivity index (χ1) is 16.0. The highest BCUT2D eigenvalue weighted by molar-refractivity contribution is 7.15. The summed E-state index contributed by atoms with van der Waals surface area (Å²) in [6.07, 6.45) is 0.854. The fourth-order valence-electron chi connectivity index (χ4n) is 4.01. The molecule has 168 valence electrons. The smallest absolute Gasteiger partial charge is 0.301 e. The Bertz CT molecular complexity index is 1280. The van der Waals surface area contributed by atoms with Crippen LogP contribution in [0.3, 0.4) is 0 Å². The molecule has 2 aromatic carbocycles. The quantitative estimate of drug-likeness (QED) is 0.357. The molecule has 0 radical (unpaired) electrons. The van der Waals surface area contributed by atoms with Crippen molar-refractivity contribution in [3.05, 3.63) is 69.7 Å². The topological polar surface area (TPSA) is 102 Å². The van der Waals surface area contributed by atoms with Crippen molar-refractivity contribution in [3.63, 3.8) is 0 Å². The van der Waals surface area contributed by atoms with Gasteiger partial charge in [-0.05, 0) is 42.7 Å². The zero-order valence-electron chi connectivity index (χ0n) is 18.1. The molecule has 3 aromatic rings. The number of ether oxygens (including phenoxy) is 2. The second-order valence-electron chi connectivity index (χ2n) is 7.73. The zero-order chi connectivity index (χ0) is 23.1. The van der Waals surface area contributed by atoms with Crippen molar-refractivity contribution in [1.82, 2.24) is 10.2 Å². The first-order valence-corrected chi connectivity index (χ1v) is 11.4. The van der Waals surface area contributed by atoms with Crippen molar-refractivity contribution in [2.75, 3.05) is 18.1 Å². The summed E-state index contributed by atoms with van der Waals surface area (Å²) >= 11 is 1.21. The second-order valence-corrected chi connectivity index (χ2v) is 8.89. The van der Waals surface area contributed by atoms with Gasteiger partial charge in [-0.1, -0.05) is 42.5 Å². The predicted octanol–water partition coefficient (Wildman–Crippen LogP) is 3.81. The molecular formula is C24H21N3O5S. The number of carbonyl (C=O) groups is 2. The van der Waals surface area contributed by atoms with Gasteiger partial charge < -0.3 is 14.6 Å². The summed E-state index contributed by atoms with van der Waals surface area (Å²) < 4.78 is 11.2. The van der Waals surface area contributed by atoms with E-state index in [2.05, 4.69) is 10.2 Å². The Morgan fingerprint density at radius 2 is 1.82 bits per heavy atom. The van der Waals surface area contributed by atoms with Crippen LogP contribution in [0.15, 0.2) is 48.0 Å². The average molecular weight is 464 g/mol. The first kappa shape index (κ1) is 21.1.